The number of nitrogens with zero attached hydrogens (tertiary/aromatic N) is 1. The number of rotatable bonds is 7. The average molecular weight is 288 g/mol. The Balaban J connectivity index is 3.11. The highest BCUT2D eigenvalue weighted by Gasteiger charge is 2.36. The van der Waals surface area contributed by atoms with Gasteiger partial charge in [0.05, 0.1) is 5.56 Å². The second kappa shape index (κ2) is 7.62. The molecule has 2 atom stereocenters. The SMILES string of the molecule is CCCCC(CC)C(NC)c1cnccc1C(F)(F)F. The predicted molar refractivity (Wildman–Crippen MR) is 74.3 cm³/mol. The molecule has 2 unspecified atom stereocenters. The molecular weight excluding hydrogens is 265 g/mol. The molecule has 0 saturated heterocycles. The smallest absolute Gasteiger partial charge is 0.313 e. The molecule has 0 radical (unpaired) electrons. The van der Waals surface area contributed by atoms with Crippen molar-refractivity contribution in [3.63, 3.8) is 0 Å². The molecule has 0 aliphatic carbocycles. The minimum absolute atomic E-state index is 0.185. The largest absolute Gasteiger partial charge is 0.416 e. The Morgan fingerprint density at radius 2 is 2.00 bits per heavy atom. The minimum atomic E-state index is -4.34. The Bertz CT molecular complexity index is 404. The van der Waals surface area contributed by atoms with E-state index in [2.05, 4.69) is 17.2 Å². The number of halogens is 3. The van der Waals surface area contributed by atoms with Crippen LogP contribution in [0.1, 0.15) is 56.7 Å². The summed E-state index contributed by atoms with van der Waals surface area (Å²) in [5, 5.41) is 3.05. The zero-order valence-electron chi connectivity index (χ0n) is 12.3. The van der Waals surface area contributed by atoms with Gasteiger partial charge in [-0.15, -0.1) is 0 Å². The summed E-state index contributed by atoms with van der Waals surface area (Å²) in [6.07, 6.45) is 2.05. The van der Waals surface area contributed by atoms with E-state index < -0.39 is 11.7 Å². The molecule has 0 saturated carbocycles. The molecule has 0 bridgehead atoms. The van der Waals surface area contributed by atoms with Crippen molar-refractivity contribution in [2.24, 2.45) is 5.92 Å². The first-order chi connectivity index (χ1) is 9.45. The van der Waals surface area contributed by atoms with E-state index in [1.807, 2.05) is 6.92 Å². The van der Waals surface area contributed by atoms with Crippen LogP contribution in [0.4, 0.5) is 13.2 Å². The van der Waals surface area contributed by atoms with Gasteiger partial charge in [0.25, 0.3) is 0 Å². The van der Waals surface area contributed by atoms with Crippen LogP contribution >= 0.6 is 0 Å². The molecule has 1 aromatic heterocycles. The molecule has 1 rings (SSSR count). The van der Waals surface area contributed by atoms with Gasteiger partial charge >= 0.3 is 6.18 Å². The second-order valence-corrected chi connectivity index (χ2v) is 5.04. The number of hydrogen-bond acceptors (Lipinski definition) is 2. The van der Waals surface area contributed by atoms with Gasteiger partial charge in [-0.05, 0) is 31.0 Å². The summed E-state index contributed by atoms with van der Waals surface area (Å²) in [7, 11) is 1.71. The van der Waals surface area contributed by atoms with E-state index in [-0.39, 0.29) is 17.5 Å². The van der Waals surface area contributed by atoms with Crippen LogP contribution < -0.4 is 5.32 Å². The van der Waals surface area contributed by atoms with Crippen molar-refractivity contribution in [3.05, 3.63) is 29.6 Å². The van der Waals surface area contributed by atoms with Gasteiger partial charge in [0.1, 0.15) is 0 Å². The molecule has 0 spiro atoms. The van der Waals surface area contributed by atoms with Crippen LogP contribution in [0.2, 0.25) is 0 Å². The molecule has 0 aliphatic heterocycles. The molecule has 0 amide bonds. The van der Waals surface area contributed by atoms with E-state index in [1.54, 1.807) is 7.05 Å². The number of alkyl halides is 3. The summed E-state index contributed by atoms with van der Waals surface area (Å²) < 4.78 is 39.3. The Labute approximate surface area is 118 Å². The highest BCUT2D eigenvalue weighted by Crippen LogP contribution is 2.37. The Kier molecular flexibility index (Phi) is 6.46. The van der Waals surface area contributed by atoms with Crippen LogP contribution in [-0.2, 0) is 6.18 Å². The van der Waals surface area contributed by atoms with E-state index in [0.717, 1.165) is 31.7 Å². The normalized spacial score (nSPS) is 15.1. The fourth-order valence-corrected chi connectivity index (χ4v) is 2.63. The molecular formula is C15H23F3N2. The lowest BCUT2D eigenvalue weighted by molar-refractivity contribution is -0.138. The summed E-state index contributed by atoms with van der Waals surface area (Å²) in [4.78, 5) is 3.88. The van der Waals surface area contributed by atoms with Crippen LogP contribution in [0.15, 0.2) is 18.5 Å². The monoisotopic (exact) mass is 288 g/mol. The third-order valence-corrected chi connectivity index (χ3v) is 3.73. The van der Waals surface area contributed by atoms with Gasteiger partial charge in [-0.25, -0.2) is 0 Å². The summed E-state index contributed by atoms with van der Waals surface area (Å²) >= 11 is 0. The lowest BCUT2D eigenvalue weighted by atomic mass is 9.85. The van der Waals surface area contributed by atoms with E-state index in [1.165, 1.54) is 12.4 Å². The first-order valence-electron chi connectivity index (χ1n) is 7.14. The number of unbranched alkanes of at least 4 members (excludes halogenated alkanes) is 1. The lowest BCUT2D eigenvalue weighted by Gasteiger charge is -2.28. The first-order valence-corrected chi connectivity index (χ1v) is 7.14. The van der Waals surface area contributed by atoms with E-state index >= 15 is 0 Å². The Morgan fingerprint density at radius 3 is 2.50 bits per heavy atom. The molecule has 1 heterocycles. The van der Waals surface area contributed by atoms with Gasteiger partial charge < -0.3 is 5.32 Å². The zero-order chi connectivity index (χ0) is 15.2. The number of pyridine rings is 1. The van der Waals surface area contributed by atoms with Crippen LogP contribution in [0.3, 0.4) is 0 Å². The number of hydrogen-bond donors (Lipinski definition) is 1. The van der Waals surface area contributed by atoms with Crippen LogP contribution in [0.25, 0.3) is 0 Å². The molecule has 0 aromatic carbocycles. The molecule has 0 aliphatic rings. The first kappa shape index (κ1) is 17.0. The molecule has 1 aromatic rings. The Hall–Kier alpha value is -1.10. The average Bonchev–Trinajstić information content (AvgIpc) is 2.42. The topological polar surface area (TPSA) is 24.9 Å². The third-order valence-electron chi connectivity index (χ3n) is 3.73. The maximum absolute atomic E-state index is 13.1. The van der Waals surface area contributed by atoms with Crippen LogP contribution in [0.5, 0.6) is 0 Å². The van der Waals surface area contributed by atoms with Crippen molar-refractivity contribution < 1.29 is 13.2 Å². The van der Waals surface area contributed by atoms with Gasteiger partial charge in [-0.1, -0.05) is 33.1 Å². The summed E-state index contributed by atoms with van der Waals surface area (Å²) in [5.74, 6) is 0.185. The van der Waals surface area contributed by atoms with E-state index in [9.17, 15) is 13.2 Å². The zero-order valence-corrected chi connectivity index (χ0v) is 12.3. The van der Waals surface area contributed by atoms with E-state index in [4.69, 9.17) is 0 Å². The third kappa shape index (κ3) is 4.20. The van der Waals surface area contributed by atoms with Crippen molar-refractivity contribution in [2.45, 2.75) is 51.7 Å². The predicted octanol–water partition coefficient (Wildman–Crippen LogP) is 4.58. The van der Waals surface area contributed by atoms with Gasteiger partial charge in [0.2, 0.25) is 0 Å². The molecule has 0 fully saturated rings. The van der Waals surface area contributed by atoms with Crippen molar-refractivity contribution in [1.82, 2.24) is 10.3 Å². The molecule has 5 heteroatoms. The number of aromatic nitrogens is 1. The standard InChI is InChI=1S/C15H23F3N2/c1-4-6-7-11(5-2)14(19-3)12-10-20-9-8-13(12)15(16,17)18/h8-11,14,19H,4-7H2,1-3H3. The van der Waals surface area contributed by atoms with Crippen LogP contribution in [-0.4, -0.2) is 12.0 Å². The molecule has 20 heavy (non-hydrogen) atoms. The highest BCUT2D eigenvalue weighted by atomic mass is 19.4. The second-order valence-electron chi connectivity index (χ2n) is 5.04. The van der Waals surface area contributed by atoms with Crippen molar-refractivity contribution >= 4 is 0 Å². The Morgan fingerprint density at radius 1 is 1.30 bits per heavy atom. The fourth-order valence-electron chi connectivity index (χ4n) is 2.63. The number of nitrogens with one attached hydrogen (secondary N) is 1. The van der Waals surface area contributed by atoms with Crippen molar-refractivity contribution in [1.29, 1.82) is 0 Å². The van der Waals surface area contributed by atoms with Crippen LogP contribution in [0, 0.1) is 5.92 Å². The maximum atomic E-state index is 13.1. The fraction of sp³-hybridized carbons (Fsp3) is 0.667. The molecule has 1 N–H and O–H groups in total. The summed E-state index contributed by atoms with van der Waals surface area (Å²) in [5.41, 5.74) is -0.327. The quantitative estimate of drug-likeness (QED) is 0.794. The van der Waals surface area contributed by atoms with Gasteiger partial charge in [-0.3, -0.25) is 4.98 Å². The van der Waals surface area contributed by atoms with Crippen molar-refractivity contribution in [2.75, 3.05) is 7.05 Å². The maximum Gasteiger partial charge on any atom is 0.416 e. The highest BCUT2D eigenvalue weighted by molar-refractivity contribution is 5.29. The van der Waals surface area contributed by atoms with E-state index in [0.29, 0.717) is 0 Å². The molecule has 2 nitrogen and oxygen atoms in total. The van der Waals surface area contributed by atoms with Crippen molar-refractivity contribution in [3.8, 4) is 0 Å². The molecule has 114 valence electrons. The van der Waals surface area contributed by atoms with Gasteiger partial charge in [0.15, 0.2) is 0 Å². The van der Waals surface area contributed by atoms with Gasteiger partial charge in [0, 0.05) is 18.4 Å². The lowest BCUT2D eigenvalue weighted by Crippen LogP contribution is -2.28. The summed E-state index contributed by atoms with van der Waals surface area (Å²) in [6.45, 7) is 4.11. The minimum Gasteiger partial charge on any atom is -0.313 e. The van der Waals surface area contributed by atoms with Gasteiger partial charge in [-0.2, -0.15) is 13.2 Å². The summed E-state index contributed by atoms with van der Waals surface area (Å²) in [6, 6.07) is 0.753.